The van der Waals surface area contributed by atoms with Crippen molar-refractivity contribution >= 4 is 29.1 Å². The van der Waals surface area contributed by atoms with Gasteiger partial charge in [-0.15, -0.1) is 0 Å². The molecule has 0 spiro atoms. The minimum absolute atomic E-state index is 0.0131. The number of nitrogens with zero attached hydrogens (tertiary/aromatic N) is 2. The van der Waals surface area contributed by atoms with E-state index in [9.17, 15) is 19.5 Å². The van der Waals surface area contributed by atoms with Crippen molar-refractivity contribution in [2.45, 2.75) is 18.9 Å². The van der Waals surface area contributed by atoms with Crippen LogP contribution in [0.25, 0.3) is 5.76 Å². The summed E-state index contributed by atoms with van der Waals surface area (Å²) in [5.74, 6) is -2.72. The van der Waals surface area contributed by atoms with E-state index in [1.807, 2.05) is 43.3 Å². The molecule has 0 bridgehead atoms. The van der Waals surface area contributed by atoms with Gasteiger partial charge in [-0.05, 0) is 24.1 Å². The van der Waals surface area contributed by atoms with Crippen molar-refractivity contribution in [2.75, 3.05) is 25.5 Å². The molecule has 2 N–H and O–H groups in total. The van der Waals surface area contributed by atoms with Gasteiger partial charge in [0.15, 0.2) is 0 Å². The van der Waals surface area contributed by atoms with E-state index in [1.54, 1.807) is 30.3 Å². The number of carbonyl (C=O) groups is 3. The number of carboxylic acids is 1. The van der Waals surface area contributed by atoms with Gasteiger partial charge in [0, 0.05) is 38.3 Å². The standard InChI is InChI=1S/C23H24N2O5/c1-24(2)17-12-10-15(11-13-17)20-19(21(28)16-7-4-3-5-8-16)22(29)23(30)25(20)14-6-9-18(26)27/h3-5,7-8,10-13,20,28H,6,9,14H2,1-2H3,(H,26,27). The highest BCUT2D eigenvalue weighted by Gasteiger charge is 2.45. The first kappa shape index (κ1) is 21.1. The van der Waals surface area contributed by atoms with Crippen molar-refractivity contribution in [3.05, 3.63) is 71.3 Å². The lowest BCUT2D eigenvalue weighted by molar-refractivity contribution is -0.140. The number of aliphatic hydroxyl groups excluding tert-OH is 1. The van der Waals surface area contributed by atoms with Crippen LogP contribution in [0.1, 0.15) is 30.0 Å². The van der Waals surface area contributed by atoms with Gasteiger partial charge in [0.25, 0.3) is 11.7 Å². The topological polar surface area (TPSA) is 98.2 Å². The Kier molecular flexibility index (Phi) is 6.20. The Bertz CT molecular complexity index is 980. The van der Waals surface area contributed by atoms with Crippen molar-refractivity contribution in [3.8, 4) is 0 Å². The quantitative estimate of drug-likeness (QED) is 0.415. The summed E-state index contributed by atoms with van der Waals surface area (Å²) < 4.78 is 0. The smallest absolute Gasteiger partial charge is 0.303 e. The van der Waals surface area contributed by atoms with Crippen LogP contribution in [0.5, 0.6) is 0 Å². The van der Waals surface area contributed by atoms with E-state index in [4.69, 9.17) is 5.11 Å². The molecular weight excluding hydrogens is 384 g/mol. The van der Waals surface area contributed by atoms with E-state index in [0.29, 0.717) is 11.1 Å². The number of likely N-dealkylation sites (tertiary alicyclic amines) is 1. The van der Waals surface area contributed by atoms with Crippen molar-refractivity contribution in [1.82, 2.24) is 4.90 Å². The summed E-state index contributed by atoms with van der Waals surface area (Å²) in [6, 6.07) is 15.2. The van der Waals surface area contributed by atoms with E-state index < -0.39 is 23.7 Å². The summed E-state index contributed by atoms with van der Waals surface area (Å²) in [4.78, 5) is 39.8. The normalized spacial score (nSPS) is 17.9. The van der Waals surface area contributed by atoms with Crippen LogP contribution in [0.15, 0.2) is 60.2 Å². The molecule has 1 saturated heterocycles. The van der Waals surface area contributed by atoms with E-state index >= 15 is 0 Å². The Morgan fingerprint density at radius 3 is 2.20 bits per heavy atom. The molecule has 0 aliphatic carbocycles. The fourth-order valence-corrected chi connectivity index (χ4v) is 3.56. The second kappa shape index (κ2) is 8.82. The summed E-state index contributed by atoms with van der Waals surface area (Å²) in [7, 11) is 3.81. The Hall–Kier alpha value is -3.61. The summed E-state index contributed by atoms with van der Waals surface area (Å²) in [6.45, 7) is 0.0997. The molecule has 30 heavy (non-hydrogen) atoms. The number of anilines is 1. The maximum Gasteiger partial charge on any atom is 0.303 e. The van der Waals surface area contributed by atoms with Gasteiger partial charge >= 0.3 is 5.97 Å². The van der Waals surface area contributed by atoms with Crippen LogP contribution in [0, 0.1) is 0 Å². The first-order chi connectivity index (χ1) is 14.3. The number of aliphatic hydroxyl groups is 1. The number of carboxylic acid groups (broad SMARTS) is 1. The van der Waals surface area contributed by atoms with Crippen LogP contribution >= 0.6 is 0 Å². The van der Waals surface area contributed by atoms with Gasteiger partial charge in [-0.25, -0.2) is 0 Å². The number of hydrogen-bond donors (Lipinski definition) is 2. The first-order valence-electron chi connectivity index (χ1n) is 9.64. The largest absolute Gasteiger partial charge is 0.507 e. The van der Waals surface area contributed by atoms with Crippen LogP contribution in [0.2, 0.25) is 0 Å². The molecule has 1 unspecified atom stereocenters. The van der Waals surface area contributed by atoms with Crippen molar-refractivity contribution in [1.29, 1.82) is 0 Å². The van der Waals surface area contributed by atoms with E-state index in [-0.39, 0.29) is 30.7 Å². The molecule has 0 radical (unpaired) electrons. The fraction of sp³-hybridized carbons (Fsp3) is 0.261. The Balaban J connectivity index is 2.08. The predicted octanol–water partition coefficient (Wildman–Crippen LogP) is 3.04. The molecule has 2 aromatic rings. The first-order valence-corrected chi connectivity index (χ1v) is 9.64. The third kappa shape index (κ3) is 4.20. The van der Waals surface area contributed by atoms with Gasteiger partial charge in [-0.1, -0.05) is 42.5 Å². The number of rotatable bonds is 7. The second-order valence-electron chi connectivity index (χ2n) is 7.34. The highest BCUT2D eigenvalue weighted by atomic mass is 16.4. The Morgan fingerprint density at radius 2 is 1.63 bits per heavy atom. The number of ketones is 1. The van der Waals surface area contributed by atoms with E-state index in [1.165, 1.54) is 4.90 Å². The molecule has 1 heterocycles. The number of benzene rings is 2. The van der Waals surface area contributed by atoms with Crippen molar-refractivity contribution in [2.24, 2.45) is 0 Å². The molecule has 1 atom stereocenters. The molecule has 1 amide bonds. The lowest BCUT2D eigenvalue weighted by Crippen LogP contribution is -2.31. The minimum atomic E-state index is -0.970. The molecule has 1 aliphatic heterocycles. The number of hydrogen-bond acceptors (Lipinski definition) is 5. The average Bonchev–Trinajstić information content (AvgIpc) is 2.98. The third-order valence-corrected chi connectivity index (χ3v) is 5.10. The maximum atomic E-state index is 12.9. The molecular formula is C23H24N2O5. The van der Waals surface area contributed by atoms with Gasteiger partial charge in [0.1, 0.15) is 5.76 Å². The molecule has 1 aliphatic rings. The van der Waals surface area contributed by atoms with Gasteiger partial charge in [0.05, 0.1) is 11.6 Å². The monoisotopic (exact) mass is 408 g/mol. The molecule has 7 nitrogen and oxygen atoms in total. The van der Waals surface area contributed by atoms with Gasteiger partial charge in [-0.2, -0.15) is 0 Å². The Labute approximate surface area is 174 Å². The van der Waals surface area contributed by atoms with Crippen LogP contribution in [-0.2, 0) is 14.4 Å². The number of carbonyl (C=O) groups excluding carboxylic acids is 2. The summed E-state index contributed by atoms with van der Waals surface area (Å²) in [5, 5.41) is 19.8. The lowest BCUT2D eigenvalue weighted by Gasteiger charge is -2.25. The van der Waals surface area contributed by atoms with E-state index in [2.05, 4.69) is 0 Å². The third-order valence-electron chi connectivity index (χ3n) is 5.10. The van der Waals surface area contributed by atoms with Gasteiger partial charge in [-0.3, -0.25) is 14.4 Å². The molecule has 1 fully saturated rings. The highest BCUT2D eigenvalue weighted by Crippen LogP contribution is 2.39. The van der Waals surface area contributed by atoms with Crippen LogP contribution in [0.4, 0.5) is 5.69 Å². The zero-order valence-corrected chi connectivity index (χ0v) is 16.9. The van der Waals surface area contributed by atoms with Gasteiger partial charge < -0.3 is 20.0 Å². The average molecular weight is 408 g/mol. The summed E-state index contributed by atoms with van der Waals surface area (Å²) in [5.41, 5.74) is 2.08. The zero-order chi connectivity index (χ0) is 21.8. The van der Waals surface area contributed by atoms with E-state index in [0.717, 1.165) is 5.69 Å². The fourth-order valence-electron chi connectivity index (χ4n) is 3.56. The molecule has 0 saturated carbocycles. The molecule has 2 aromatic carbocycles. The van der Waals surface area contributed by atoms with Gasteiger partial charge in [0.2, 0.25) is 0 Å². The summed E-state index contributed by atoms with van der Waals surface area (Å²) in [6.07, 6.45) is 0.0913. The predicted molar refractivity (Wildman–Crippen MR) is 113 cm³/mol. The zero-order valence-electron chi connectivity index (χ0n) is 16.9. The highest BCUT2D eigenvalue weighted by molar-refractivity contribution is 6.46. The number of amides is 1. The molecule has 156 valence electrons. The van der Waals surface area contributed by atoms with Crippen molar-refractivity contribution < 1.29 is 24.6 Å². The SMILES string of the molecule is CN(C)c1ccc(C2C(=C(O)c3ccccc3)C(=O)C(=O)N2CCCC(=O)O)cc1. The van der Waals surface area contributed by atoms with Crippen LogP contribution < -0.4 is 4.90 Å². The second-order valence-corrected chi connectivity index (χ2v) is 7.34. The lowest BCUT2D eigenvalue weighted by atomic mass is 9.95. The molecule has 0 aromatic heterocycles. The minimum Gasteiger partial charge on any atom is -0.507 e. The number of Topliss-reactive ketones (excluding diaryl/α,β-unsaturated/α-hetero) is 1. The molecule has 7 heteroatoms. The Morgan fingerprint density at radius 1 is 1.00 bits per heavy atom. The summed E-state index contributed by atoms with van der Waals surface area (Å²) >= 11 is 0. The number of aliphatic carboxylic acids is 1. The molecule has 3 rings (SSSR count). The maximum absolute atomic E-state index is 12.9. The van der Waals surface area contributed by atoms with Crippen molar-refractivity contribution in [3.63, 3.8) is 0 Å². The van der Waals surface area contributed by atoms with Crippen LogP contribution in [-0.4, -0.2) is 53.4 Å². The van der Waals surface area contributed by atoms with Crippen LogP contribution in [0.3, 0.4) is 0 Å².